The van der Waals surface area contributed by atoms with Crippen LogP contribution in [0.3, 0.4) is 0 Å². The topological polar surface area (TPSA) is 101 Å². The average Bonchev–Trinajstić information content (AvgIpc) is 2.95. The molecule has 0 saturated heterocycles. The SMILES string of the molecule is CC(C)[C@H](NC(=O)c1cn(CCCCC#N)c2ccccc12)C(N)=O. The molecule has 2 rings (SSSR count). The van der Waals surface area contributed by atoms with Gasteiger partial charge in [0.15, 0.2) is 0 Å². The first-order chi connectivity index (χ1) is 12.0. The highest BCUT2D eigenvalue weighted by molar-refractivity contribution is 6.08. The van der Waals surface area contributed by atoms with Crippen molar-refractivity contribution >= 4 is 22.7 Å². The van der Waals surface area contributed by atoms with Crippen molar-refractivity contribution in [2.75, 3.05) is 0 Å². The summed E-state index contributed by atoms with van der Waals surface area (Å²) in [6, 6.07) is 9.10. The van der Waals surface area contributed by atoms with E-state index in [4.69, 9.17) is 11.0 Å². The van der Waals surface area contributed by atoms with Crippen molar-refractivity contribution < 1.29 is 9.59 Å². The number of nitriles is 1. The Morgan fingerprint density at radius 2 is 2.00 bits per heavy atom. The van der Waals surface area contributed by atoms with Crippen molar-refractivity contribution in [3.63, 3.8) is 0 Å². The molecular formula is C19H24N4O2. The van der Waals surface area contributed by atoms with Crippen molar-refractivity contribution in [3.8, 4) is 6.07 Å². The molecular weight excluding hydrogens is 316 g/mol. The quantitative estimate of drug-likeness (QED) is 0.722. The molecule has 1 aromatic heterocycles. The summed E-state index contributed by atoms with van der Waals surface area (Å²) in [6.07, 6.45) is 4.02. The molecule has 1 heterocycles. The van der Waals surface area contributed by atoms with E-state index >= 15 is 0 Å². The van der Waals surface area contributed by atoms with Gasteiger partial charge in [0.05, 0.1) is 11.6 Å². The number of aromatic nitrogens is 1. The van der Waals surface area contributed by atoms with Gasteiger partial charge in [-0.05, 0) is 24.8 Å². The summed E-state index contributed by atoms with van der Waals surface area (Å²) in [5.41, 5.74) is 6.88. The van der Waals surface area contributed by atoms with Crippen LogP contribution in [-0.4, -0.2) is 22.4 Å². The van der Waals surface area contributed by atoms with Crippen LogP contribution in [0.5, 0.6) is 0 Å². The third-order valence-corrected chi connectivity index (χ3v) is 4.23. The van der Waals surface area contributed by atoms with Crippen molar-refractivity contribution in [2.45, 2.75) is 45.7 Å². The minimum atomic E-state index is -0.703. The standard InChI is InChI=1S/C19H24N4O2/c1-13(2)17(18(21)24)22-19(25)15-12-23(11-7-3-6-10-20)16-9-5-4-8-14(15)16/h4-5,8-9,12-13,17H,3,6-7,11H2,1-2H3,(H2,21,24)(H,22,25)/t17-/m0/s1. The van der Waals surface area contributed by atoms with Crippen LogP contribution in [0.1, 0.15) is 43.5 Å². The van der Waals surface area contributed by atoms with Gasteiger partial charge in [0, 0.05) is 30.1 Å². The van der Waals surface area contributed by atoms with Crippen molar-refractivity contribution in [1.29, 1.82) is 5.26 Å². The number of carbonyl (C=O) groups is 2. The second-order valence-electron chi connectivity index (χ2n) is 6.47. The van der Waals surface area contributed by atoms with Crippen LogP contribution in [0.25, 0.3) is 10.9 Å². The second-order valence-corrected chi connectivity index (χ2v) is 6.47. The Balaban J connectivity index is 2.27. The second kappa shape index (κ2) is 8.34. The number of para-hydroxylation sites is 1. The molecule has 0 unspecified atom stereocenters. The number of benzene rings is 1. The Kier molecular flexibility index (Phi) is 6.18. The lowest BCUT2D eigenvalue weighted by atomic mass is 10.0. The highest BCUT2D eigenvalue weighted by Gasteiger charge is 2.24. The number of hydrogen-bond acceptors (Lipinski definition) is 3. The summed E-state index contributed by atoms with van der Waals surface area (Å²) in [7, 11) is 0. The van der Waals surface area contributed by atoms with Crippen LogP contribution in [0.2, 0.25) is 0 Å². The molecule has 6 heteroatoms. The molecule has 6 nitrogen and oxygen atoms in total. The van der Waals surface area contributed by atoms with Gasteiger partial charge in [0.2, 0.25) is 5.91 Å². The van der Waals surface area contributed by atoms with E-state index in [0.29, 0.717) is 12.0 Å². The first-order valence-electron chi connectivity index (χ1n) is 8.50. The van der Waals surface area contributed by atoms with Gasteiger partial charge >= 0.3 is 0 Å². The predicted molar refractivity (Wildman–Crippen MR) is 96.7 cm³/mol. The van der Waals surface area contributed by atoms with Crippen molar-refractivity contribution in [3.05, 3.63) is 36.0 Å². The Labute approximate surface area is 147 Å². The van der Waals surface area contributed by atoms with Gasteiger partial charge in [0.1, 0.15) is 6.04 Å². The fourth-order valence-electron chi connectivity index (χ4n) is 2.88. The van der Waals surface area contributed by atoms with Gasteiger partial charge in [0.25, 0.3) is 5.91 Å². The van der Waals surface area contributed by atoms with Gasteiger partial charge < -0.3 is 15.6 Å². The number of nitrogens with two attached hydrogens (primary N) is 1. The largest absolute Gasteiger partial charge is 0.368 e. The maximum absolute atomic E-state index is 12.7. The van der Waals surface area contributed by atoms with E-state index in [1.807, 2.05) is 48.9 Å². The zero-order valence-electron chi connectivity index (χ0n) is 14.7. The lowest BCUT2D eigenvalue weighted by Crippen LogP contribution is -2.47. The summed E-state index contributed by atoms with van der Waals surface area (Å²) in [4.78, 5) is 24.2. The molecule has 0 fully saturated rings. The lowest BCUT2D eigenvalue weighted by molar-refractivity contribution is -0.120. The van der Waals surface area contributed by atoms with E-state index < -0.39 is 11.9 Å². The number of rotatable bonds is 8. The predicted octanol–water partition coefficient (Wildman–Crippen LogP) is 2.57. The third kappa shape index (κ3) is 4.38. The molecule has 3 N–H and O–H groups in total. The van der Waals surface area contributed by atoms with Crippen LogP contribution >= 0.6 is 0 Å². The maximum Gasteiger partial charge on any atom is 0.254 e. The van der Waals surface area contributed by atoms with Crippen LogP contribution in [-0.2, 0) is 11.3 Å². The Bertz CT molecular complexity index is 801. The number of unbranched alkanes of at least 4 members (excludes halogenated alkanes) is 2. The Morgan fingerprint density at radius 1 is 1.28 bits per heavy atom. The van der Waals surface area contributed by atoms with Gasteiger partial charge in [-0.2, -0.15) is 5.26 Å². The lowest BCUT2D eigenvalue weighted by Gasteiger charge is -2.18. The first-order valence-corrected chi connectivity index (χ1v) is 8.50. The number of aryl methyl sites for hydroxylation is 1. The van der Waals surface area contributed by atoms with Gasteiger partial charge in [-0.1, -0.05) is 32.0 Å². The van der Waals surface area contributed by atoms with E-state index in [0.717, 1.165) is 30.3 Å². The molecule has 0 aliphatic rings. The molecule has 2 aromatic rings. The fraction of sp³-hybridized carbons (Fsp3) is 0.421. The summed E-state index contributed by atoms with van der Waals surface area (Å²) >= 11 is 0. The van der Waals surface area contributed by atoms with Crippen LogP contribution < -0.4 is 11.1 Å². The number of primary amides is 1. The van der Waals surface area contributed by atoms with Crippen LogP contribution in [0.15, 0.2) is 30.5 Å². The number of fused-ring (bicyclic) bond motifs is 1. The molecule has 0 aliphatic carbocycles. The highest BCUT2D eigenvalue weighted by atomic mass is 16.2. The van der Waals surface area contributed by atoms with Gasteiger partial charge in [-0.15, -0.1) is 0 Å². The smallest absolute Gasteiger partial charge is 0.254 e. The van der Waals surface area contributed by atoms with E-state index in [9.17, 15) is 9.59 Å². The minimum absolute atomic E-state index is 0.0826. The van der Waals surface area contributed by atoms with E-state index in [2.05, 4.69) is 11.4 Å². The number of nitrogens with one attached hydrogen (secondary N) is 1. The van der Waals surface area contributed by atoms with Crippen molar-refractivity contribution in [1.82, 2.24) is 9.88 Å². The van der Waals surface area contributed by atoms with Gasteiger partial charge in [-0.25, -0.2) is 0 Å². The molecule has 0 bridgehead atoms. The Hall–Kier alpha value is -2.81. The number of amides is 2. The third-order valence-electron chi connectivity index (χ3n) is 4.23. The molecule has 0 saturated carbocycles. The molecule has 0 aliphatic heterocycles. The zero-order chi connectivity index (χ0) is 18.4. The fourth-order valence-corrected chi connectivity index (χ4v) is 2.88. The normalized spacial score (nSPS) is 12.1. The van der Waals surface area contributed by atoms with Crippen molar-refractivity contribution in [2.24, 2.45) is 11.7 Å². The molecule has 2 amide bonds. The molecule has 0 radical (unpaired) electrons. The molecule has 132 valence electrons. The van der Waals surface area contributed by atoms with E-state index in [1.165, 1.54) is 0 Å². The first kappa shape index (κ1) is 18.5. The summed E-state index contributed by atoms with van der Waals surface area (Å²) in [5, 5.41) is 12.2. The van der Waals surface area contributed by atoms with Crippen LogP contribution in [0.4, 0.5) is 0 Å². The summed E-state index contributed by atoms with van der Waals surface area (Å²) in [6.45, 7) is 4.42. The van der Waals surface area contributed by atoms with Crippen LogP contribution in [0, 0.1) is 17.2 Å². The monoisotopic (exact) mass is 340 g/mol. The average molecular weight is 340 g/mol. The van der Waals surface area contributed by atoms with Gasteiger partial charge in [-0.3, -0.25) is 9.59 Å². The molecule has 0 spiro atoms. The summed E-state index contributed by atoms with van der Waals surface area (Å²) in [5.74, 6) is -0.922. The Morgan fingerprint density at radius 3 is 2.64 bits per heavy atom. The van der Waals surface area contributed by atoms with E-state index in [-0.39, 0.29) is 11.8 Å². The molecule has 25 heavy (non-hydrogen) atoms. The van der Waals surface area contributed by atoms with E-state index in [1.54, 1.807) is 0 Å². The summed E-state index contributed by atoms with van der Waals surface area (Å²) < 4.78 is 2.02. The maximum atomic E-state index is 12.7. The minimum Gasteiger partial charge on any atom is -0.368 e. The molecule has 1 aromatic carbocycles. The number of hydrogen-bond donors (Lipinski definition) is 2. The zero-order valence-corrected chi connectivity index (χ0v) is 14.7. The number of nitrogens with zero attached hydrogens (tertiary/aromatic N) is 2. The molecule has 1 atom stereocenters. The highest BCUT2D eigenvalue weighted by Crippen LogP contribution is 2.22. The number of carbonyl (C=O) groups excluding carboxylic acids is 2.